The van der Waals surface area contributed by atoms with E-state index < -0.39 is 5.97 Å². The van der Waals surface area contributed by atoms with Gasteiger partial charge in [0.05, 0.1) is 30.5 Å². The molecule has 198 valence electrons. The monoisotopic (exact) mass is 539 g/mol. The minimum atomic E-state index is -0.563. The molecule has 0 aliphatic heterocycles. The summed E-state index contributed by atoms with van der Waals surface area (Å²) in [4.78, 5) is 28.4. The van der Waals surface area contributed by atoms with Gasteiger partial charge in [0.1, 0.15) is 17.9 Å². The molecule has 0 N–H and O–H groups in total. The van der Waals surface area contributed by atoms with Crippen LogP contribution in [0.5, 0.6) is 11.5 Å². The molecular weight excluding hydrogens is 510 g/mol. The quantitative estimate of drug-likeness (QED) is 0.190. The van der Waals surface area contributed by atoms with E-state index >= 15 is 0 Å². The Morgan fingerprint density at radius 1 is 0.872 bits per heavy atom. The van der Waals surface area contributed by atoms with Crippen LogP contribution in [0.2, 0.25) is 0 Å². The molecule has 7 heteroatoms. The van der Waals surface area contributed by atoms with Crippen LogP contribution in [0.15, 0.2) is 95.8 Å². The smallest absolute Gasteiger partial charge is 0.343 e. The number of nitrogens with zero attached hydrogens (tertiary/aromatic N) is 1. The lowest BCUT2D eigenvalue weighted by molar-refractivity contribution is 0.0523. The van der Waals surface area contributed by atoms with Gasteiger partial charge in [-0.15, -0.1) is 11.3 Å². The van der Waals surface area contributed by atoms with E-state index in [1.54, 1.807) is 18.6 Å². The highest BCUT2D eigenvalue weighted by molar-refractivity contribution is 7.19. The topological polar surface area (TPSA) is 66.8 Å². The molecule has 3 aromatic carbocycles. The standard InChI is InChI=1S/C32H29NO5S/c1-3-37-32(35)28-29(38-21-24-12-8-5-9-13-24)31(34)33(20-23-14-16-25(36-2)17-15-23)27-19-26(39-30(27)28)18-22-10-6-4-7-11-22/h4-17,19H,3,18,20-21H2,1-2H3. The van der Waals surface area contributed by atoms with E-state index in [2.05, 4.69) is 12.1 Å². The Balaban J connectivity index is 1.67. The lowest BCUT2D eigenvalue weighted by atomic mass is 10.1. The summed E-state index contributed by atoms with van der Waals surface area (Å²) in [6.07, 6.45) is 0.680. The van der Waals surface area contributed by atoms with Crippen molar-refractivity contribution in [3.8, 4) is 11.5 Å². The average Bonchev–Trinajstić information content (AvgIpc) is 3.38. The fourth-order valence-corrected chi connectivity index (χ4v) is 5.68. The summed E-state index contributed by atoms with van der Waals surface area (Å²) in [5.74, 6) is 0.181. The highest BCUT2D eigenvalue weighted by Crippen LogP contribution is 2.35. The summed E-state index contributed by atoms with van der Waals surface area (Å²) in [7, 11) is 1.62. The molecule has 5 aromatic rings. The molecule has 0 amide bonds. The second kappa shape index (κ2) is 12.0. The fourth-order valence-electron chi connectivity index (χ4n) is 4.46. The van der Waals surface area contributed by atoms with Crippen molar-refractivity contribution in [3.63, 3.8) is 0 Å². The first-order valence-electron chi connectivity index (χ1n) is 12.8. The average molecular weight is 540 g/mol. The van der Waals surface area contributed by atoms with Gasteiger partial charge in [-0.05, 0) is 41.8 Å². The van der Waals surface area contributed by atoms with Gasteiger partial charge in [0, 0.05) is 11.3 Å². The van der Waals surface area contributed by atoms with Crippen LogP contribution in [0.1, 0.15) is 38.8 Å². The van der Waals surface area contributed by atoms with Gasteiger partial charge in [-0.2, -0.15) is 0 Å². The third kappa shape index (κ3) is 5.89. The number of esters is 1. The lowest BCUT2D eigenvalue weighted by Crippen LogP contribution is -2.26. The van der Waals surface area contributed by atoms with Gasteiger partial charge in [0.2, 0.25) is 5.75 Å². The number of hydrogen-bond acceptors (Lipinski definition) is 6. The highest BCUT2D eigenvalue weighted by Gasteiger charge is 2.27. The molecule has 0 fully saturated rings. The van der Waals surface area contributed by atoms with E-state index in [-0.39, 0.29) is 30.1 Å². The molecule has 0 atom stereocenters. The molecule has 5 rings (SSSR count). The molecule has 0 saturated carbocycles. The summed E-state index contributed by atoms with van der Waals surface area (Å²) in [5, 5.41) is 0. The van der Waals surface area contributed by atoms with Crippen LogP contribution in [-0.2, 0) is 24.3 Å². The molecule has 2 aromatic heterocycles. The number of ether oxygens (including phenoxy) is 3. The Morgan fingerprint density at radius 2 is 1.54 bits per heavy atom. The second-order valence-corrected chi connectivity index (χ2v) is 10.2. The van der Waals surface area contributed by atoms with E-state index in [1.165, 1.54) is 11.3 Å². The van der Waals surface area contributed by atoms with Gasteiger partial charge in [0.15, 0.2) is 0 Å². The van der Waals surface area contributed by atoms with E-state index in [1.807, 2.05) is 78.9 Å². The molecule has 0 aliphatic rings. The molecule has 2 heterocycles. The van der Waals surface area contributed by atoms with E-state index in [9.17, 15) is 9.59 Å². The first-order chi connectivity index (χ1) is 19.1. The van der Waals surface area contributed by atoms with E-state index in [4.69, 9.17) is 14.2 Å². The summed E-state index contributed by atoms with van der Waals surface area (Å²) < 4.78 is 19.2. The first-order valence-corrected chi connectivity index (χ1v) is 13.6. The minimum absolute atomic E-state index is 0.00595. The number of benzene rings is 3. The van der Waals surface area contributed by atoms with Gasteiger partial charge < -0.3 is 14.2 Å². The molecule has 0 radical (unpaired) electrons. The van der Waals surface area contributed by atoms with Crippen LogP contribution in [0.4, 0.5) is 0 Å². The fraction of sp³-hybridized carbons (Fsp3) is 0.188. The van der Waals surface area contributed by atoms with Crippen LogP contribution >= 0.6 is 11.3 Å². The normalized spacial score (nSPS) is 10.9. The predicted octanol–water partition coefficient (Wildman–Crippen LogP) is 6.47. The van der Waals surface area contributed by atoms with Gasteiger partial charge in [-0.1, -0.05) is 72.8 Å². The lowest BCUT2D eigenvalue weighted by Gasteiger charge is -2.16. The van der Waals surface area contributed by atoms with Crippen LogP contribution in [0.3, 0.4) is 0 Å². The third-order valence-electron chi connectivity index (χ3n) is 6.37. The number of fused-ring (bicyclic) bond motifs is 1. The SMILES string of the molecule is CCOC(=O)c1c(OCc2ccccc2)c(=O)n(Cc2ccc(OC)cc2)c2cc(Cc3ccccc3)sc12. The molecular formula is C32H29NO5S. The maximum Gasteiger partial charge on any atom is 0.343 e. The van der Waals surface area contributed by atoms with Crippen LogP contribution < -0.4 is 15.0 Å². The number of rotatable bonds is 10. The molecule has 0 unspecified atom stereocenters. The van der Waals surface area contributed by atoms with Gasteiger partial charge >= 0.3 is 5.97 Å². The predicted molar refractivity (Wildman–Crippen MR) is 154 cm³/mol. The van der Waals surface area contributed by atoms with Crippen molar-refractivity contribution >= 4 is 27.5 Å². The summed E-state index contributed by atoms with van der Waals surface area (Å²) in [6.45, 7) is 2.40. The third-order valence-corrected chi connectivity index (χ3v) is 7.52. The maximum atomic E-state index is 14.0. The molecule has 6 nitrogen and oxygen atoms in total. The molecule has 0 bridgehead atoms. The molecule has 0 aliphatic carbocycles. The molecule has 0 spiro atoms. The number of carbonyl (C=O) groups is 1. The zero-order valence-corrected chi connectivity index (χ0v) is 22.7. The van der Waals surface area contributed by atoms with Gasteiger partial charge in [-0.3, -0.25) is 9.36 Å². The first kappa shape index (κ1) is 26.3. The van der Waals surface area contributed by atoms with Crippen molar-refractivity contribution < 1.29 is 19.0 Å². The van der Waals surface area contributed by atoms with Crippen LogP contribution in [0, 0.1) is 0 Å². The number of methoxy groups -OCH3 is 1. The maximum absolute atomic E-state index is 14.0. The summed E-state index contributed by atoms with van der Waals surface area (Å²) in [5.41, 5.74) is 3.45. The number of carbonyl (C=O) groups excluding carboxylic acids is 1. The zero-order chi connectivity index (χ0) is 27.2. The Hall–Kier alpha value is -4.36. The minimum Gasteiger partial charge on any atom is -0.497 e. The van der Waals surface area contributed by atoms with Crippen molar-refractivity contribution in [2.45, 2.75) is 26.5 Å². The van der Waals surface area contributed by atoms with Gasteiger partial charge in [0.25, 0.3) is 5.56 Å². The Bertz CT molecular complexity index is 1620. The Labute approximate surface area is 231 Å². The van der Waals surface area contributed by atoms with Gasteiger partial charge in [-0.25, -0.2) is 4.79 Å². The Kier molecular flexibility index (Phi) is 8.08. The summed E-state index contributed by atoms with van der Waals surface area (Å²) >= 11 is 1.49. The van der Waals surface area contributed by atoms with Crippen molar-refractivity contribution in [2.24, 2.45) is 0 Å². The number of hydrogen-bond donors (Lipinski definition) is 0. The number of thiophene rings is 1. The van der Waals surface area contributed by atoms with Crippen LogP contribution in [0.25, 0.3) is 10.2 Å². The number of aromatic nitrogens is 1. The van der Waals surface area contributed by atoms with Crippen molar-refractivity contribution in [1.82, 2.24) is 4.57 Å². The van der Waals surface area contributed by atoms with Crippen molar-refractivity contribution in [3.05, 3.63) is 128 Å². The van der Waals surface area contributed by atoms with E-state index in [0.717, 1.165) is 27.3 Å². The van der Waals surface area contributed by atoms with E-state index in [0.29, 0.717) is 23.2 Å². The summed E-state index contributed by atoms with van der Waals surface area (Å²) in [6, 6.07) is 29.3. The number of pyridine rings is 1. The Morgan fingerprint density at radius 3 is 2.18 bits per heavy atom. The second-order valence-electron chi connectivity index (χ2n) is 9.03. The van der Waals surface area contributed by atoms with Crippen LogP contribution in [-0.4, -0.2) is 24.3 Å². The van der Waals surface area contributed by atoms with Crippen molar-refractivity contribution in [1.29, 1.82) is 0 Å². The molecule has 39 heavy (non-hydrogen) atoms. The zero-order valence-electron chi connectivity index (χ0n) is 21.9. The highest BCUT2D eigenvalue weighted by atomic mass is 32.1. The molecule has 0 saturated heterocycles. The van der Waals surface area contributed by atoms with Crippen molar-refractivity contribution in [2.75, 3.05) is 13.7 Å². The largest absolute Gasteiger partial charge is 0.497 e.